The molecule has 5 heteroatoms. The number of anilines is 1. The van der Waals surface area contributed by atoms with Gasteiger partial charge in [0.25, 0.3) is 0 Å². The van der Waals surface area contributed by atoms with Crippen molar-refractivity contribution in [2.24, 2.45) is 4.99 Å². The third-order valence-corrected chi connectivity index (χ3v) is 2.34. The highest BCUT2D eigenvalue weighted by Crippen LogP contribution is 2.32. The average molecular weight is 187 g/mol. The van der Waals surface area contributed by atoms with Crippen molar-refractivity contribution in [3.8, 4) is 0 Å². The molecular weight excluding hydrogens is 178 g/mol. The first-order valence-electron chi connectivity index (χ1n) is 4.39. The summed E-state index contributed by atoms with van der Waals surface area (Å²) in [6, 6.07) is 2.08. The van der Waals surface area contributed by atoms with Crippen LogP contribution in [0.3, 0.4) is 0 Å². The summed E-state index contributed by atoms with van der Waals surface area (Å²) in [4.78, 5) is 7.49. The van der Waals surface area contributed by atoms with Gasteiger partial charge in [0.2, 0.25) is 0 Å². The molecule has 0 saturated heterocycles. The second kappa shape index (κ2) is 2.73. The highest BCUT2D eigenvalue weighted by atomic mass is 15.1. The molecule has 0 aliphatic carbocycles. The first kappa shape index (κ1) is 7.37. The smallest absolute Gasteiger partial charge is 0.114 e. The van der Waals surface area contributed by atoms with Gasteiger partial charge in [-0.2, -0.15) is 5.10 Å². The van der Waals surface area contributed by atoms with E-state index in [0.29, 0.717) is 0 Å². The van der Waals surface area contributed by atoms with E-state index in [4.69, 9.17) is 0 Å². The molecule has 0 saturated carbocycles. The number of hydrogen-bond acceptors (Lipinski definition) is 3. The molecule has 1 aliphatic heterocycles. The molecule has 0 spiro atoms. The number of aromatic nitrogens is 3. The van der Waals surface area contributed by atoms with Gasteiger partial charge in [0.15, 0.2) is 0 Å². The van der Waals surface area contributed by atoms with Gasteiger partial charge >= 0.3 is 0 Å². The van der Waals surface area contributed by atoms with Crippen molar-refractivity contribution >= 4 is 12.2 Å². The van der Waals surface area contributed by atoms with Crippen LogP contribution in [0, 0.1) is 0 Å². The van der Waals surface area contributed by atoms with Crippen LogP contribution in [0.4, 0.5) is 5.82 Å². The minimum absolute atomic E-state index is 0.0521. The zero-order chi connectivity index (χ0) is 9.38. The third kappa shape index (κ3) is 0.953. The summed E-state index contributed by atoms with van der Waals surface area (Å²) in [5.41, 5.74) is 2.22. The number of rotatable bonds is 1. The molecule has 2 aromatic rings. The lowest BCUT2D eigenvalue weighted by molar-refractivity contribution is 0.873. The molecule has 70 valence electrons. The number of fused-ring (bicyclic) bond motifs is 1. The van der Waals surface area contributed by atoms with Crippen LogP contribution in [0.2, 0.25) is 0 Å². The van der Waals surface area contributed by atoms with E-state index in [1.54, 1.807) is 12.5 Å². The zero-order valence-electron chi connectivity index (χ0n) is 7.36. The van der Waals surface area contributed by atoms with Crippen LogP contribution in [0.25, 0.3) is 0 Å². The van der Waals surface area contributed by atoms with E-state index in [9.17, 15) is 0 Å². The Hall–Kier alpha value is -2.04. The fraction of sp³-hybridized carbons (Fsp3) is 0.111. The number of hydrogen-bond donors (Lipinski definition) is 3. The molecule has 0 fully saturated rings. The Kier molecular flexibility index (Phi) is 1.44. The van der Waals surface area contributed by atoms with Gasteiger partial charge in [0, 0.05) is 23.5 Å². The Labute approximate surface area is 80.3 Å². The molecule has 3 N–H and O–H groups in total. The van der Waals surface area contributed by atoms with Crippen LogP contribution in [-0.4, -0.2) is 21.5 Å². The van der Waals surface area contributed by atoms with Gasteiger partial charge in [-0.15, -0.1) is 0 Å². The lowest BCUT2D eigenvalue weighted by Gasteiger charge is -2.15. The van der Waals surface area contributed by atoms with Gasteiger partial charge in [-0.25, -0.2) is 0 Å². The fourth-order valence-corrected chi connectivity index (χ4v) is 1.67. The van der Waals surface area contributed by atoms with Gasteiger partial charge in [-0.3, -0.25) is 10.1 Å². The minimum atomic E-state index is 0.0521. The highest BCUT2D eigenvalue weighted by Gasteiger charge is 2.20. The maximum absolute atomic E-state index is 4.37. The van der Waals surface area contributed by atoms with Gasteiger partial charge in [0.1, 0.15) is 11.9 Å². The Balaban J connectivity index is 2.09. The third-order valence-electron chi connectivity index (χ3n) is 2.34. The molecule has 3 rings (SSSR count). The maximum atomic E-state index is 4.37. The lowest BCUT2D eigenvalue weighted by atomic mass is 10.0. The monoisotopic (exact) mass is 187 g/mol. The summed E-state index contributed by atoms with van der Waals surface area (Å²) in [5, 5.41) is 9.78. The molecule has 0 aromatic carbocycles. The molecule has 1 aliphatic rings. The first-order valence-corrected chi connectivity index (χ1v) is 4.39. The van der Waals surface area contributed by atoms with Crippen LogP contribution < -0.4 is 5.32 Å². The Morgan fingerprint density at radius 3 is 3.21 bits per heavy atom. The molecule has 5 nitrogen and oxygen atoms in total. The zero-order valence-corrected chi connectivity index (χ0v) is 7.36. The number of nitrogens with zero attached hydrogens (tertiary/aromatic N) is 2. The Morgan fingerprint density at radius 2 is 2.36 bits per heavy atom. The summed E-state index contributed by atoms with van der Waals surface area (Å²) < 4.78 is 0. The van der Waals surface area contributed by atoms with Crippen LogP contribution in [-0.2, 0) is 0 Å². The number of aromatic amines is 2. The summed E-state index contributed by atoms with van der Waals surface area (Å²) in [6.45, 7) is 0. The molecule has 2 aromatic heterocycles. The van der Waals surface area contributed by atoms with Gasteiger partial charge in [0.05, 0.1) is 12.5 Å². The quantitative estimate of drug-likeness (QED) is 0.629. The van der Waals surface area contributed by atoms with Gasteiger partial charge in [-0.1, -0.05) is 0 Å². The van der Waals surface area contributed by atoms with E-state index in [0.717, 1.165) is 16.9 Å². The predicted octanol–water partition coefficient (Wildman–Crippen LogP) is 1.28. The Morgan fingerprint density at radius 1 is 1.36 bits per heavy atom. The fourth-order valence-electron chi connectivity index (χ4n) is 1.67. The largest absolute Gasteiger partial charge is 0.348 e. The Bertz CT molecular complexity index is 453. The summed E-state index contributed by atoms with van der Waals surface area (Å²) in [7, 11) is 0. The topological polar surface area (TPSA) is 68.9 Å². The van der Waals surface area contributed by atoms with Crippen molar-refractivity contribution in [2.45, 2.75) is 6.04 Å². The van der Waals surface area contributed by atoms with E-state index in [-0.39, 0.29) is 6.04 Å². The van der Waals surface area contributed by atoms with E-state index >= 15 is 0 Å². The van der Waals surface area contributed by atoms with E-state index in [1.165, 1.54) is 0 Å². The molecule has 3 heterocycles. The van der Waals surface area contributed by atoms with Gasteiger partial charge < -0.3 is 10.3 Å². The van der Waals surface area contributed by atoms with E-state index < -0.39 is 0 Å². The number of H-pyrrole nitrogens is 2. The van der Waals surface area contributed by atoms with Crippen molar-refractivity contribution in [3.63, 3.8) is 0 Å². The van der Waals surface area contributed by atoms with Crippen LogP contribution in [0.1, 0.15) is 17.2 Å². The molecule has 0 amide bonds. The highest BCUT2D eigenvalue weighted by molar-refractivity contribution is 5.79. The minimum Gasteiger partial charge on any atom is -0.348 e. The van der Waals surface area contributed by atoms with Crippen molar-refractivity contribution in [1.29, 1.82) is 0 Å². The van der Waals surface area contributed by atoms with Crippen molar-refractivity contribution < 1.29 is 0 Å². The molecule has 1 atom stereocenters. The first-order chi connectivity index (χ1) is 6.95. The van der Waals surface area contributed by atoms with Crippen LogP contribution in [0.5, 0.6) is 0 Å². The standard InChI is InChI=1S/C9H9N5/c1-2-10-9-7(1)8(11-5-12-9)6-3-13-14-4-6/h1-5,8,10H,(H,11,12)(H,13,14). The van der Waals surface area contributed by atoms with Crippen LogP contribution >= 0.6 is 0 Å². The van der Waals surface area contributed by atoms with Crippen molar-refractivity contribution in [2.75, 3.05) is 5.32 Å². The molecular formula is C9H9N5. The summed E-state index contributed by atoms with van der Waals surface area (Å²) in [6.07, 6.45) is 7.27. The van der Waals surface area contributed by atoms with Gasteiger partial charge in [-0.05, 0) is 6.07 Å². The molecule has 1 unspecified atom stereocenters. The van der Waals surface area contributed by atoms with E-state index in [1.807, 2.05) is 18.5 Å². The average Bonchev–Trinajstić information content (AvgIpc) is 2.88. The number of nitrogens with one attached hydrogen (secondary N) is 3. The molecule has 0 radical (unpaired) electrons. The lowest BCUT2D eigenvalue weighted by Crippen LogP contribution is -2.09. The molecule has 14 heavy (non-hydrogen) atoms. The van der Waals surface area contributed by atoms with Crippen molar-refractivity contribution in [3.05, 3.63) is 35.8 Å². The second-order valence-electron chi connectivity index (χ2n) is 3.16. The molecule has 0 bridgehead atoms. The predicted molar refractivity (Wildman–Crippen MR) is 53.3 cm³/mol. The van der Waals surface area contributed by atoms with Crippen LogP contribution in [0.15, 0.2) is 29.6 Å². The SMILES string of the molecule is C1=NC(c2cn[nH]c2)c2cc[nH]c2N1. The maximum Gasteiger partial charge on any atom is 0.114 e. The van der Waals surface area contributed by atoms with E-state index in [2.05, 4.69) is 25.5 Å². The second-order valence-corrected chi connectivity index (χ2v) is 3.16. The number of aliphatic imine (C=N–C) groups is 1. The summed E-state index contributed by atoms with van der Waals surface area (Å²) >= 11 is 0. The normalized spacial score (nSPS) is 19.0. The van der Waals surface area contributed by atoms with Crippen molar-refractivity contribution in [1.82, 2.24) is 15.2 Å². The summed E-state index contributed by atoms with van der Waals surface area (Å²) in [5.74, 6) is 1.01.